The van der Waals surface area contributed by atoms with Crippen molar-refractivity contribution in [3.8, 4) is 0 Å². The van der Waals surface area contributed by atoms with Crippen LogP contribution >= 0.6 is 0 Å². The van der Waals surface area contributed by atoms with Crippen LogP contribution in [-0.4, -0.2) is 45.4 Å². The van der Waals surface area contributed by atoms with Crippen molar-refractivity contribution < 1.29 is 8.42 Å². The number of hydrogen-bond donors (Lipinski definition) is 2. The van der Waals surface area contributed by atoms with E-state index in [2.05, 4.69) is 23.9 Å². The van der Waals surface area contributed by atoms with Gasteiger partial charge >= 0.3 is 0 Å². The van der Waals surface area contributed by atoms with Crippen LogP contribution in [0.3, 0.4) is 0 Å². The lowest BCUT2D eigenvalue weighted by atomic mass is 10.00. The standard InChI is InChI=1S/C14H31N3O2S/c1-3-5-6-10-16-20(18,19)17-11-7-8-14(13-17)12-15-9-4-2/h14-16H,3-13H2,1-2H3. The fourth-order valence-corrected chi connectivity index (χ4v) is 3.92. The fourth-order valence-electron chi connectivity index (χ4n) is 2.56. The molecule has 1 unspecified atom stereocenters. The lowest BCUT2D eigenvalue weighted by Crippen LogP contribution is -2.47. The summed E-state index contributed by atoms with van der Waals surface area (Å²) in [7, 11) is -3.27. The Labute approximate surface area is 124 Å². The number of nitrogens with one attached hydrogen (secondary N) is 2. The van der Waals surface area contributed by atoms with Crippen molar-refractivity contribution in [1.82, 2.24) is 14.3 Å². The summed E-state index contributed by atoms with van der Waals surface area (Å²) in [5, 5.41) is 3.39. The van der Waals surface area contributed by atoms with Crippen LogP contribution in [0.2, 0.25) is 0 Å². The minimum absolute atomic E-state index is 0.447. The van der Waals surface area contributed by atoms with Gasteiger partial charge in [0.25, 0.3) is 10.2 Å². The summed E-state index contributed by atoms with van der Waals surface area (Å²) in [4.78, 5) is 0. The molecule has 0 aromatic rings. The first kappa shape index (κ1) is 17.9. The summed E-state index contributed by atoms with van der Waals surface area (Å²) in [5.74, 6) is 0.447. The van der Waals surface area contributed by atoms with Gasteiger partial charge in [-0.05, 0) is 44.7 Å². The largest absolute Gasteiger partial charge is 0.316 e. The Morgan fingerprint density at radius 3 is 2.65 bits per heavy atom. The molecule has 0 spiro atoms. The van der Waals surface area contributed by atoms with E-state index < -0.39 is 10.2 Å². The second-order valence-electron chi connectivity index (χ2n) is 5.68. The van der Waals surface area contributed by atoms with Crippen LogP contribution in [0.4, 0.5) is 0 Å². The van der Waals surface area contributed by atoms with E-state index in [1.807, 2.05) is 0 Å². The zero-order valence-corrected chi connectivity index (χ0v) is 13.8. The molecule has 0 amide bonds. The average molecular weight is 305 g/mol. The summed E-state index contributed by atoms with van der Waals surface area (Å²) >= 11 is 0. The Kier molecular flexibility index (Phi) is 8.68. The molecule has 1 saturated heterocycles. The molecule has 0 aliphatic carbocycles. The Hall–Kier alpha value is -0.170. The molecular weight excluding hydrogens is 274 g/mol. The smallest absolute Gasteiger partial charge is 0.279 e. The van der Waals surface area contributed by atoms with Crippen LogP contribution in [-0.2, 0) is 10.2 Å². The van der Waals surface area contributed by atoms with Crippen LogP contribution in [0.25, 0.3) is 0 Å². The monoisotopic (exact) mass is 305 g/mol. The van der Waals surface area contributed by atoms with E-state index in [1.165, 1.54) is 0 Å². The van der Waals surface area contributed by atoms with Crippen molar-refractivity contribution >= 4 is 10.2 Å². The van der Waals surface area contributed by atoms with Crippen LogP contribution in [0.5, 0.6) is 0 Å². The van der Waals surface area contributed by atoms with Crippen LogP contribution in [0.15, 0.2) is 0 Å². The van der Waals surface area contributed by atoms with Crippen LogP contribution in [0.1, 0.15) is 52.4 Å². The molecule has 0 saturated carbocycles. The highest BCUT2D eigenvalue weighted by atomic mass is 32.2. The molecule has 1 fully saturated rings. The van der Waals surface area contributed by atoms with Crippen molar-refractivity contribution in [2.24, 2.45) is 5.92 Å². The van der Waals surface area contributed by atoms with Crippen molar-refractivity contribution in [3.63, 3.8) is 0 Å². The molecule has 6 heteroatoms. The van der Waals surface area contributed by atoms with Crippen LogP contribution in [0, 0.1) is 5.92 Å². The highest BCUT2D eigenvalue weighted by Crippen LogP contribution is 2.18. The molecule has 1 atom stereocenters. The third kappa shape index (κ3) is 6.52. The zero-order valence-electron chi connectivity index (χ0n) is 13.0. The highest BCUT2D eigenvalue weighted by molar-refractivity contribution is 7.87. The maximum Gasteiger partial charge on any atom is 0.279 e. The third-order valence-corrected chi connectivity index (χ3v) is 5.33. The molecule has 20 heavy (non-hydrogen) atoms. The normalized spacial score (nSPS) is 21.2. The van der Waals surface area contributed by atoms with Crippen LogP contribution < -0.4 is 10.0 Å². The van der Waals surface area contributed by atoms with Gasteiger partial charge in [0.15, 0.2) is 0 Å². The number of rotatable bonds is 10. The first-order chi connectivity index (χ1) is 9.60. The van der Waals surface area contributed by atoms with Gasteiger partial charge in [0.2, 0.25) is 0 Å². The van der Waals surface area contributed by atoms with Gasteiger partial charge in [0.1, 0.15) is 0 Å². The molecule has 1 aliphatic heterocycles. The second-order valence-corrected chi connectivity index (χ2v) is 7.43. The van der Waals surface area contributed by atoms with Crippen molar-refractivity contribution in [3.05, 3.63) is 0 Å². The summed E-state index contributed by atoms with van der Waals surface area (Å²) < 4.78 is 28.8. The Morgan fingerprint density at radius 2 is 1.95 bits per heavy atom. The molecular formula is C14H31N3O2S. The van der Waals surface area contributed by atoms with Crippen molar-refractivity contribution in [2.45, 2.75) is 52.4 Å². The summed E-state index contributed by atoms with van der Waals surface area (Å²) in [6.45, 7) is 8.07. The van der Waals surface area contributed by atoms with E-state index >= 15 is 0 Å². The van der Waals surface area contributed by atoms with E-state index in [-0.39, 0.29) is 0 Å². The van der Waals surface area contributed by atoms with Gasteiger partial charge in [0.05, 0.1) is 0 Å². The second kappa shape index (κ2) is 9.71. The van der Waals surface area contributed by atoms with Gasteiger partial charge in [-0.1, -0.05) is 26.7 Å². The number of unbranched alkanes of at least 4 members (excludes halogenated alkanes) is 2. The van der Waals surface area contributed by atoms with Gasteiger partial charge in [0, 0.05) is 19.6 Å². The first-order valence-electron chi connectivity index (χ1n) is 8.05. The molecule has 0 bridgehead atoms. The summed E-state index contributed by atoms with van der Waals surface area (Å²) in [6, 6.07) is 0. The van der Waals surface area contributed by atoms with Crippen molar-refractivity contribution in [1.29, 1.82) is 0 Å². The zero-order chi connectivity index (χ0) is 14.8. The van der Waals surface area contributed by atoms with E-state index in [0.717, 1.165) is 51.6 Å². The van der Waals surface area contributed by atoms with E-state index in [9.17, 15) is 8.42 Å². The van der Waals surface area contributed by atoms with E-state index in [4.69, 9.17) is 0 Å². The topological polar surface area (TPSA) is 61.4 Å². The number of nitrogens with zero attached hydrogens (tertiary/aromatic N) is 1. The molecule has 1 rings (SSSR count). The maximum absolute atomic E-state index is 12.2. The van der Waals surface area contributed by atoms with Gasteiger partial charge in [-0.25, -0.2) is 4.72 Å². The van der Waals surface area contributed by atoms with Crippen molar-refractivity contribution in [2.75, 3.05) is 32.7 Å². The fraction of sp³-hybridized carbons (Fsp3) is 1.00. The van der Waals surface area contributed by atoms with Gasteiger partial charge in [-0.3, -0.25) is 0 Å². The average Bonchev–Trinajstić information content (AvgIpc) is 2.44. The van der Waals surface area contributed by atoms with Gasteiger partial charge < -0.3 is 5.32 Å². The predicted molar refractivity (Wildman–Crippen MR) is 83.9 cm³/mol. The molecule has 5 nitrogen and oxygen atoms in total. The minimum Gasteiger partial charge on any atom is -0.316 e. The number of piperidine rings is 1. The highest BCUT2D eigenvalue weighted by Gasteiger charge is 2.28. The Balaban J connectivity index is 2.36. The molecule has 0 radical (unpaired) electrons. The van der Waals surface area contributed by atoms with E-state index in [0.29, 0.717) is 25.6 Å². The van der Waals surface area contributed by atoms with E-state index in [1.54, 1.807) is 4.31 Å². The molecule has 1 aliphatic rings. The summed E-state index contributed by atoms with van der Waals surface area (Å²) in [6.07, 6.45) is 6.31. The Morgan fingerprint density at radius 1 is 1.15 bits per heavy atom. The Bertz CT molecular complexity index is 346. The maximum atomic E-state index is 12.2. The SMILES string of the molecule is CCCCCNS(=O)(=O)N1CCCC(CNCCC)C1. The molecule has 1 heterocycles. The predicted octanol–water partition coefficient (Wildman–Crippen LogP) is 1.72. The molecule has 0 aromatic carbocycles. The lowest BCUT2D eigenvalue weighted by Gasteiger charge is -2.32. The molecule has 2 N–H and O–H groups in total. The molecule has 0 aromatic heterocycles. The first-order valence-corrected chi connectivity index (χ1v) is 9.49. The quantitative estimate of drug-likeness (QED) is 0.604. The van der Waals surface area contributed by atoms with Gasteiger partial charge in [-0.2, -0.15) is 12.7 Å². The number of hydrogen-bond acceptors (Lipinski definition) is 3. The lowest BCUT2D eigenvalue weighted by molar-refractivity contribution is 0.258. The minimum atomic E-state index is -3.27. The summed E-state index contributed by atoms with van der Waals surface area (Å²) in [5.41, 5.74) is 0. The van der Waals surface area contributed by atoms with Gasteiger partial charge in [-0.15, -0.1) is 0 Å². The third-order valence-electron chi connectivity index (χ3n) is 3.75. The molecule has 120 valence electrons.